The monoisotopic (exact) mass is 425 g/mol. The third-order valence-corrected chi connectivity index (χ3v) is 6.72. The fourth-order valence-corrected chi connectivity index (χ4v) is 5.26. The number of thiophene rings is 1. The lowest BCUT2D eigenvalue weighted by molar-refractivity contribution is -0.121. The molecule has 0 saturated carbocycles. The Bertz CT molecular complexity index is 1100. The Morgan fingerprint density at radius 3 is 2.80 bits per heavy atom. The number of hydrogen-bond acceptors (Lipinski definition) is 5. The molecule has 0 bridgehead atoms. The van der Waals surface area contributed by atoms with Gasteiger partial charge >= 0.3 is 0 Å². The highest BCUT2D eigenvalue weighted by Crippen LogP contribution is 2.33. The molecule has 0 fully saturated rings. The number of ether oxygens (including phenoxy) is 1. The van der Waals surface area contributed by atoms with Gasteiger partial charge in [-0.2, -0.15) is 0 Å². The summed E-state index contributed by atoms with van der Waals surface area (Å²) >= 11 is 1.63. The van der Waals surface area contributed by atoms with Gasteiger partial charge in [0.05, 0.1) is 18.0 Å². The Morgan fingerprint density at radius 2 is 2.03 bits per heavy atom. The normalized spacial score (nSPS) is 14.3. The molecular formula is C23H27N3O3S. The molecule has 0 aliphatic heterocycles. The Balaban J connectivity index is 1.38. The molecule has 4 rings (SSSR count). The second-order valence-electron chi connectivity index (χ2n) is 7.69. The van der Waals surface area contributed by atoms with E-state index in [1.54, 1.807) is 11.3 Å². The van der Waals surface area contributed by atoms with Crippen molar-refractivity contribution in [2.45, 2.75) is 58.4 Å². The summed E-state index contributed by atoms with van der Waals surface area (Å²) in [6.07, 6.45) is 5.00. The van der Waals surface area contributed by atoms with E-state index in [0.717, 1.165) is 40.8 Å². The molecule has 2 N–H and O–H groups in total. The lowest BCUT2D eigenvalue weighted by Crippen LogP contribution is -2.27. The number of nitrogens with one attached hydrogen (secondary N) is 2. The summed E-state index contributed by atoms with van der Waals surface area (Å²) in [6.45, 7) is 4.53. The van der Waals surface area contributed by atoms with Crippen LogP contribution in [-0.2, 0) is 24.1 Å². The molecule has 2 aromatic heterocycles. The van der Waals surface area contributed by atoms with E-state index in [4.69, 9.17) is 4.74 Å². The van der Waals surface area contributed by atoms with Crippen molar-refractivity contribution in [3.63, 3.8) is 0 Å². The van der Waals surface area contributed by atoms with Gasteiger partial charge in [0.25, 0.3) is 5.56 Å². The topological polar surface area (TPSA) is 84.1 Å². The molecule has 30 heavy (non-hydrogen) atoms. The number of aromatic nitrogens is 2. The van der Waals surface area contributed by atoms with Crippen LogP contribution in [0.25, 0.3) is 10.2 Å². The van der Waals surface area contributed by atoms with Crippen molar-refractivity contribution < 1.29 is 9.53 Å². The van der Waals surface area contributed by atoms with E-state index in [2.05, 4.69) is 15.3 Å². The summed E-state index contributed by atoms with van der Waals surface area (Å²) < 4.78 is 5.45. The molecule has 0 spiro atoms. The number of hydrogen-bond donors (Lipinski definition) is 2. The molecule has 1 atom stereocenters. The van der Waals surface area contributed by atoms with Crippen LogP contribution in [-0.4, -0.2) is 22.5 Å². The minimum Gasteiger partial charge on any atom is -0.494 e. The molecule has 3 aromatic rings. The number of amides is 1. The fraction of sp³-hybridized carbons (Fsp3) is 0.435. The molecule has 0 radical (unpaired) electrons. The van der Waals surface area contributed by atoms with Gasteiger partial charge in [-0.15, -0.1) is 11.3 Å². The minimum absolute atomic E-state index is 0.0652. The van der Waals surface area contributed by atoms with Crippen molar-refractivity contribution in [3.8, 4) is 5.75 Å². The van der Waals surface area contributed by atoms with Crippen LogP contribution < -0.4 is 15.6 Å². The number of rotatable bonds is 7. The molecule has 1 aliphatic carbocycles. The standard InChI is InChI=1S/C23H27N3O3S/c1-3-29-16-10-8-15(9-11-16)14(2)24-20(27)13-12-19-25-22(28)21-17-6-4-5-7-18(17)30-23(21)26-19/h8-11,14H,3-7,12-13H2,1-2H3,(H,24,27)(H,25,26,28)/t14-/m1/s1. The van der Waals surface area contributed by atoms with E-state index in [1.807, 2.05) is 38.1 Å². The first kappa shape index (κ1) is 20.6. The van der Waals surface area contributed by atoms with Crippen molar-refractivity contribution in [2.75, 3.05) is 6.61 Å². The molecule has 1 aromatic carbocycles. The smallest absolute Gasteiger partial charge is 0.259 e. The second kappa shape index (κ2) is 9.00. The Kier molecular flexibility index (Phi) is 6.18. The van der Waals surface area contributed by atoms with Gasteiger partial charge < -0.3 is 15.0 Å². The van der Waals surface area contributed by atoms with Crippen LogP contribution in [0.3, 0.4) is 0 Å². The minimum atomic E-state index is -0.105. The number of nitrogens with zero attached hydrogens (tertiary/aromatic N) is 1. The van der Waals surface area contributed by atoms with Crippen LogP contribution in [0.4, 0.5) is 0 Å². The molecule has 1 amide bonds. The van der Waals surface area contributed by atoms with Gasteiger partial charge in [0.15, 0.2) is 0 Å². The highest BCUT2D eigenvalue weighted by Gasteiger charge is 2.20. The Hall–Kier alpha value is -2.67. The third-order valence-electron chi connectivity index (χ3n) is 5.53. The Labute approximate surface area is 179 Å². The van der Waals surface area contributed by atoms with Crippen LogP contribution >= 0.6 is 11.3 Å². The third kappa shape index (κ3) is 4.41. The van der Waals surface area contributed by atoms with Gasteiger partial charge in [0, 0.05) is 17.7 Å². The maximum Gasteiger partial charge on any atom is 0.259 e. The van der Waals surface area contributed by atoms with E-state index in [9.17, 15) is 9.59 Å². The zero-order chi connectivity index (χ0) is 21.1. The zero-order valence-corrected chi connectivity index (χ0v) is 18.2. The predicted molar refractivity (Wildman–Crippen MR) is 119 cm³/mol. The SMILES string of the molecule is CCOc1ccc([C@@H](C)NC(=O)CCc2nc3sc4c(c3c(=O)[nH]2)CCCC4)cc1. The van der Waals surface area contributed by atoms with Gasteiger partial charge in [-0.3, -0.25) is 9.59 Å². The average molecular weight is 426 g/mol. The van der Waals surface area contributed by atoms with Crippen molar-refractivity contribution in [1.82, 2.24) is 15.3 Å². The molecule has 0 saturated heterocycles. The second-order valence-corrected chi connectivity index (χ2v) is 8.78. The molecule has 6 nitrogen and oxygen atoms in total. The first-order valence-electron chi connectivity index (χ1n) is 10.6. The maximum atomic E-state index is 12.6. The van der Waals surface area contributed by atoms with Gasteiger partial charge in [0.2, 0.25) is 5.91 Å². The van der Waals surface area contributed by atoms with E-state index >= 15 is 0 Å². The van der Waals surface area contributed by atoms with Crippen molar-refractivity contribution >= 4 is 27.5 Å². The number of benzene rings is 1. The van der Waals surface area contributed by atoms with Crippen LogP contribution in [0, 0.1) is 0 Å². The lowest BCUT2D eigenvalue weighted by Gasteiger charge is -2.15. The number of aryl methyl sites for hydroxylation is 3. The molecule has 158 valence electrons. The zero-order valence-electron chi connectivity index (χ0n) is 17.4. The summed E-state index contributed by atoms with van der Waals surface area (Å²) in [5.41, 5.74) is 2.13. The van der Waals surface area contributed by atoms with Gasteiger partial charge in [-0.25, -0.2) is 4.98 Å². The average Bonchev–Trinajstić information content (AvgIpc) is 3.12. The molecule has 0 unspecified atom stereocenters. The van der Waals surface area contributed by atoms with Crippen molar-refractivity contribution in [2.24, 2.45) is 0 Å². The number of carbonyl (C=O) groups is 1. The highest BCUT2D eigenvalue weighted by atomic mass is 32.1. The number of carbonyl (C=O) groups excluding carboxylic acids is 1. The van der Waals surface area contributed by atoms with E-state index in [-0.39, 0.29) is 23.9 Å². The fourth-order valence-electron chi connectivity index (χ4n) is 3.98. The number of aromatic amines is 1. The van der Waals surface area contributed by atoms with Gasteiger partial charge in [-0.1, -0.05) is 12.1 Å². The quantitative estimate of drug-likeness (QED) is 0.598. The van der Waals surface area contributed by atoms with Crippen LogP contribution in [0.15, 0.2) is 29.1 Å². The first-order valence-corrected chi connectivity index (χ1v) is 11.4. The van der Waals surface area contributed by atoms with Crippen molar-refractivity contribution in [3.05, 3.63) is 56.4 Å². The largest absolute Gasteiger partial charge is 0.494 e. The maximum absolute atomic E-state index is 12.6. The Morgan fingerprint density at radius 1 is 1.27 bits per heavy atom. The lowest BCUT2D eigenvalue weighted by atomic mass is 9.97. The first-order chi connectivity index (χ1) is 14.5. The summed E-state index contributed by atoms with van der Waals surface area (Å²) in [5, 5.41) is 3.77. The summed E-state index contributed by atoms with van der Waals surface area (Å²) in [6, 6.07) is 7.63. The number of H-pyrrole nitrogens is 1. The molecular weight excluding hydrogens is 398 g/mol. The highest BCUT2D eigenvalue weighted by molar-refractivity contribution is 7.18. The van der Waals surface area contributed by atoms with Crippen LogP contribution in [0.2, 0.25) is 0 Å². The summed E-state index contributed by atoms with van der Waals surface area (Å²) in [4.78, 5) is 34.7. The summed E-state index contributed by atoms with van der Waals surface area (Å²) in [7, 11) is 0. The van der Waals surface area contributed by atoms with Gasteiger partial charge in [0.1, 0.15) is 16.4 Å². The van der Waals surface area contributed by atoms with E-state index < -0.39 is 0 Å². The van der Waals surface area contributed by atoms with E-state index in [1.165, 1.54) is 16.9 Å². The number of fused-ring (bicyclic) bond motifs is 3. The van der Waals surface area contributed by atoms with Crippen molar-refractivity contribution in [1.29, 1.82) is 0 Å². The molecule has 1 aliphatic rings. The van der Waals surface area contributed by atoms with Gasteiger partial charge in [-0.05, 0) is 62.8 Å². The van der Waals surface area contributed by atoms with E-state index in [0.29, 0.717) is 18.9 Å². The predicted octanol–water partition coefficient (Wildman–Crippen LogP) is 4.07. The van der Waals surface area contributed by atoms with Crippen LogP contribution in [0.1, 0.15) is 61.0 Å². The molecule has 2 heterocycles. The molecule has 7 heteroatoms. The van der Waals surface area contributed by atoms with Crippen LogP contribution in [0.5, 0.6) is 5.75 Å². The summed E-state index contributed by atoms with van der Waals surface area (Å²) in [5.74, 6) is 1.33.